The molecule has 0 aliphatic rings. The van der Waals surface area contributed by atoms with Gasteiger partial charge >= 0.3 is 0 Å². The minimum absolute atomic E-state index is 0.109. The van der Waals surface area contributed by atoms with Crippen LogP contribution in [0.2, 0.25) is 0 Å². The van der Waals surface area contributed by atoms with Crippen molar-refractivity contribution in [3.8, 4) is 0 Å². The number of amides is 1. The first kappa shape index (κ1) is 14.1. The van der Waals surface area contributed by atoms with Crippen LogP contribution in [0.1, 0.15) is 29.9 Å². The fraction of sp³-hybridized carbons (Fsp3) is 0.235. The summed E-state index contributed by atoms with van der Waals surface area (Å²) in [4.78, 5) is 11.7. The summed E-state index contributed by atoms with van der Waals surface area (Å²) in [6.07, 6.45) is 3.17. The number of carbonyl (C=O) groups excluding carboxylic acids is 1. The van der Waals surface area contributed by atoms with Crippen LogP contribution in [-0.4, -0.2) is 12.5 Å². The van der Waals surface area contributed by atoms with Gasteiger partial charge in [0.1, 0.15) is 11.5 Å². The van der Waals surface area contributed by atoms with Crippen LogP contribution in [0.25, 0.3) is 6.08 Å². The summed E-state index contributed by atoms with van der Waals surface area (Å²) in [5.41, 5.74) is 1.22. The number of hydrogen-bond acceptors (Lipinski definition) is 2. The van der Waals surface area contributed by atoms with Gasteiger partial charge in [-0.05, 0) is 36.6 Å². The Balaban J connectivity index is 1.82. The van der Waals surface area contributed by atoms with Crippen molar-refractivity contribution < 1.29 is 9.21 Å². The van der Waals surface area contributed by atoms with E-state index in [1.165, 1.54) is 11.6 Å². The molecule has 2 aromatic rings. The van der Waals surface area contributed by atoms with E-state index in [-0.39, 0.29) is 5.91 Å². The first-order valence-electron chi connectivity index (χ1n) is 6.72. The zero-order valence-corrected chi connectivity index (χ0v) is 11.8. The minimum Gasteiger partial charge on any atom is -0.462 e. The molecule has 104 valence electrons. The highest BCUT2D eigenvalue weighted by Gasteiger charge is 2.05. The SMILES string of the molecule is Cc1ccc(C=CC(=O)NCC(C)c2ccccc2)o1. The molecule has 1 N–H and O–H groups in total. The van der Waals surface area contributed by atoms with Gasteiger partial charge in [0.2, 0.25) is 5.91 Å². The molecule has 1 atom stereocenters. The van der Waals surface area contributed by atoms with Gasteiger partial charge in [0.25, 0.3) is 0 Å². The molecule has 0 fully saturated rings. The number of aryl methyl sites for hydroxylation is 1. The number of nitrogens with one attached hydrogen (secondary N) is 1. The van der Waals surface area contributed by atoms with Gasteiger partial charge in [0.05, 0.1) is 0 Å². The molecule has 20 heavy (non-hydrogen) atoms. The maximum Gasteiger partial charge on any atom is 0.244 e. The van der Waals surface area contributed by atoms with Crippen LogP contribution in [0.15, 0.2) is 53.0 Å². The van der Waals surface area contributed by atoms with Crippen LogP contribution in [0, 0.1) is 6.92 Å². The molecule has 0 aliphatic heterocycles. The van der Waals surface area contributed by atoms with E-state index in [1.807, 2.05) is 37.3 Å². The Hall–Kier alpha value is -2.29. The van der Waals surface area contributed by atoms with Gasteiger partial charge in [0.15, 0.2) is 0 Å². The molecule has 1 aromatic carbocycles. The van der Waals surface area contributed by atoms with E-state index in [0.29, 0.717) is 18.2 Å². The van der Waals surface area contributed by atoms with Crippen molar-refractivity contribution in [2.24, 2.45) is 0 Å². The molecule has 1 heterocycles. The van der Waals surface area contributed by atoms with Crippen LogP contribution in [0.5, 0.6) is 0 Å². The van der Waals surface area contributed by atoms with Crippen molar-refractivity contribution in [1.29, 1.82) is 0 Å². The van der Waals surface area contributed by atoms with Gasteiger partial charge in [-0.1, -0.05) is 37.3 Å². The number of rotatable bonds is 5. The maximum atomic E-state index is 11.7. The van der Waals surface area contributed by atoms with Gasteiger partial charge in [-0.15, -0.1) is 0 Å². The van der Waals surface area contributed by atoms with E-state index in [9.17, 15) is 4.79 Å². The molecule has 1 amide bonds. The standard InChI is InChI=1S/C17H19NO2/c1-13(15-6-4-3-5-7-15)12-18-17(19)11-10-16-9-8-14(2)20-16/h3-11,13H,12H2,1-2H3,(H,18,19). The molecule has 1 unspecified atom stereocenters. The van der Waals surface area contributed by atoms with Crippen molar-refractivity contribution >= 4 is 12.0 Å². The monoisotopic (exact) mass is 269 g/mol. The molecule has 0 radical (unpaired) electrons. The molecule has 0 saturated carbocycles. The maximum absolute atomic E-state index is 11.7. The predicted molar refractivity (Wildman–Crippen MR) is 80.3 cm³/mol. The highest BCUT2D eigenvalue weighted by Crippen LogP contribution is 2.13. The normalized spacial score (nSPS) is 12.5. The van der Waals surface area contributed by atoms with Gasteiger partial charge in [-0.2, -0.15) is 0 Å². The second-order valence-electron chi connectivity index (χ2n) is 4.84. The smallest absolute Gasteiger partial charge is 0.244 e. The Morgan fingerprint density at radius 2 is 2.00 bits per heavy atom. The predicted octanol–water partition coefficient (Wildman–Crippen LogP) is 3.52. The van der Waals surface area contributed by atoms with Crippen LogP contribution in [-0.2, 0) is 4.79 Å². The van der Waals surface area contributed by atoms with Crippen molar-refractivity contribution in [3.63, 3.8) is 0 Å². The van der Waals surface area contributed by atoms with E-state index in [2.05, 4.69) is 24.4 Å². The molecule has 0 aliphatic carbocycles. The molecule has 1 aromatic heterocycles. The molecular weight excluding hydrogens is 250 g/mol. The van der Waals surface area contributed by atoms with Crippen LogP contribution in [0.4, 0.5) is 0 Å². The fourth-order valence-corrected chi connectivity index (χ4v) is 1.91. The molecule has 0 spiro atoms. The zero-order valence-electron chi connectivity index (χ0n) is 11.8. The molecule has 3 nitrogen and oxygen atoms in total. The van der Waals surface area contributed by atoms with Gasteiger partial charge in [0, 0.05) is 12.6 Å². The summed E-state index contributed by atoms with van der Waals surface area (Å²) in [5.74, 6) is 1.71. The van der Waals surface area contributed by atoms with Crippen LogP contribution < -0.4 is 5.32 Å². The van der Waals surface area contributed by atoms with Gasteiger partial charge in [-0.25, -0.2) is 0 Å². The van der Waals surface area contributed by atoms with E-state index in [0.717, 1.165) is 5.76 Å². The summed E-state index contributed by atoms with van der Waals surface area (Å²) < 4.78 is 5.36. The minimum atomic E-state index is -0.109. The summed E-state index contributed by atoms with van der Waals surface area (Å²) >= 11 is 0. The van der Waals surface area contributed by atoms with Crippen molar-refractivity contribution in [2.75, 3.05) is 6.54 Å². The largest absolute Gasteiger partial charge is 0.462 e. The first-order valence-corrected chi connectivity index (χ1v) is 6.72. The Morgan fingerprint density at radius 1 is 1.25 bits per heavy atom. The molecule has 3 heteroatoms. The third-order valence-corrected chi connectivity index (χ3v) is 3.11. The summed E-state index contributed by atoms with van der Waals surface area (Å²) in [5, 5.41) is 2.89. The summed E-state index contributed by atoms with van der Waals surface area (Å²) in [6, 6.07) is 13.8. The molecule has 0 saturated heterocycles. The fourth-order valence-electron chi connectivity index (χ4n) is 1.91. The quantitative estimate of drug-likeness (QED) is 0.844. The Bertz CT molecular complexity index is 584. The first-order chi connectivity index (χ1) is 9.65. The lowest BCUT2D eigenvalue weighted by Crippen LogP contribution is -2.25. The lowest BCUT2D eigenvalue weighted by Gasteiger charge is -2.11. The topological polar surface area (TPSA) is 42.2 Å². The van der Waals surface area contributed by atoms with E-state index >= 15 is 0 Å². The molecular formula is C17H19NO2. The number of furan rings is 1. The Morgan fingerprint density at radius 3 is 2.65 bits per heavy atom. The zero-order chi connectivity index (χ0) is 14.4. The Labute approximate surface area is 119 Å². The number of carbonyl (C=O) groups is 1. The Kier molecular flexibility index (Phi) is 4.77. The van der Waals surface area contributed by atoms with Gasteiger partial charge < -0.3 is 9.73 Å². The second-order valence-corrected chi connectivity index (χ2v) is 4.84. The highest BCUT2D eigenvalue weighted by molar-refractivity contribution is 5.91. The van der Waals surface area contributed by atoms with E-state index < -0.39 is 0 Å². The average Bonchev–Trinajstić information content (AvgIpc) is 2.89. The van der Waals surface area contributed by atoms with E-state index in [1.54, 1.807) is 6.08 Å². The number of benzene rings is 1. The van der Waals surface area contributed by atoms with Crippen LogP contribution >= 0.6 is 0 Å². The summed E-state index contributed by atoms with van der Waals surface area (Å²) in [6.45, 7) is 4.58. The van der Waals surface area contributed by atoms with Crippen LogP contribution in [0.3, 0.4) is 0 Å². The van der Waals surface area contributed by atoms with Crippen molar-refractivity contribution in [3.05, 3.63) is 65.6 Å². The van der Waals surface area contributed by atoms with E-state index in [4.69, 9.17) is 4.42 Å². The lowest BCUT2D eigenvalue weighted by molar-refractivity contribution is -0.116. The second kappa shape index (κ2) is 6.75. The van der Waals surface area contributed by atoms with Gasteiger partial charge in [-0.3, -0.25) is 4.79 Å². The van der Waals surface area contributed by atoms with Crippen molar-refractivity contribution in [2.45, 2.75) is 19.8 Å². The van der Waals surface area contributed by atoms with Crippen molar-refractivity contribution in [1.82, 2.24) is 5.32 Å². The third kappa shape index (κ3) is 4.12. The lowest BCUT2D eigenvalue weighted by atomic mass is 10.0. The third-order valence-electron chi connectivity index (χ3n) is 3.11. The highest BCUT2D eigenvalue weighted by atomic mass is 16.3. The summed E-state index contributed by atoms with van der Waals surface area (Å²) in [7, 11) is 0. The number of hydrogen-bond donors (Lipinski definition) is 1. The average molecular weight is 269 g/mol. The molecule has 2 rings (SSSR count). The molecule has 0 bridgehead atoms.